The van der Waals surface area contributed by atoms with E-state index in [1.165, 1.54) is 17.3 Å². The van der Waals surface area contributed by atoms with Gasteiger partial charge >= 0.3 is 0 Å². The normalized spacial score (nSPS) is 10.3. The lowest BCUT2D eigenvalue weighted by molar-refractivity contribution is 0.627. The van der Waals surface area contributed by atoms with Crippen LogP contribution >= 0.6 is 15.9 Å². The summed E-state index contributed by atoms with van der Waals surface area (Å²) in [6, 6.07) is 6.29. The molecule has 0 aliphatic heterocycles. The number of nitrogens with one attached hydrogen (secondary N) is 1. The molecule has 1 heterocycles. The largest absolute Gasteiger partial charge is 0.326 e. The van der Waals surface area contributed by atoms with Gasteiger partial charge in [-0.25, -0.2) is 9.37 Å². The number of hydrogen-bond donors (Lipinski definition) is 1. The van der Waals surface area contributed by atoms with E-state index in [4.69, 9.17) is 0 Å². The molecule has 1 aromatic heterocycles. The highest BCUT2D eigenvalue weighted by atomic mass is 79.9. The van der Waals surface area contributed by atoms with E-state index < -0.39 is 0 Å². The summed E-state index contributed by atoms with van der Waals surface area (Å²) in [4.78, 5) is 19.3. The summed E-state index contributed by atoms with van der Waals surface area (Å²) in [5.74, 6) is -0.0113. The molecular weight excluding hydrogens is 289 g/mol. The zero-order chi connectivity index (χ0) is 12.4. The van der Waals surface area contributed by atoms with Crippen LogP contribution in [0.2, 0.25) is 0 Å². The number of hydrogen-bond acceptors (Lipinski definition) is 3. The minimum Gasteiger partial charge on any atom is -0.326 e. The zero-order valence-corrected chi connectivity index (χ0v) is 10.5. The summed E-state index contributed by atoms with van der Waals surface area (Å²) >= 11 is 3.13. The molecular formula is C11H9BrFN3O. The highest BCUT2D eigenvalue weighted by Gasteiger charge is 2.14. The fourth-order valence-electron chi connectivity index (χ4n) is 1.45. The first kappa shape index (κ1) is 11.8. The van der Waals surface area contributed by atoms with Crippen LogP contribution in [0.1, 0.15) is 0 Å². The van der Waals surface area contributed by atoms with E-state index in [0.717, 1.165) is 0 Å². The molecule has 0 aliphatic rings. The first-order chi connectivity index (χ1) is 8.11. The van der Waals surface area contributed by atoms with Gasteiger partial charge in [-0.3, -0.25) is 4.79 Å². The van der Waals surface area contributed by atoms with E-state index in [-0.39, 0.29) is 15.8 Å². The lowest BCUT2D eigenvalue weighted by Crippen LogP contribution is -2.18. The molecule has 0 bridgehead atoms. The van der Waals surface area contributed by atoms with Crippen molar-refractivity contribution in [2.24, 2.45) is 0 Å². The molecule has 0 fully saturated rings. The van der Waals surface area contributed by atoms with Gasteiger partial charge < -0.3 is 9.88 Å². The molecule has 0 atom stereocenters. The summed E-state index contributed by atoms with van der Waals surface area (Å²) in [5, 5.41) is 0. The van der Waals surface area contributed by atoms with Crippen LogP contribution in [0.5, 0.6) is 0 Å². The first-order valence-electron chi connectivity index (χ1n) is 4.82. The van der Waals surface area contributed by atoms with Crippen molar-refractivity contribution in [3.8, 4) is 0 Å². The Morgan fingerprint density at radius 2 is 2.12 bits per heavy atom. The molecule has 0 spiro atoms. The lowest BCUT2D eigenvalue weighted by Gasteiger charge is -2.19. The van der Waals surface area contributed by atoms with Crippen LogP contribution in [-0.2, 0) is 0 Å². The van der Waals surface area contributed by atoms with Gasteiger partial charge in [0, 0.05) is 7.05 Å². The number of H-pyrrole nitrogens is 1. The minimum atomic E-state index is -0.371. The van der Waals surface area contributed by atoms with Gasteiger partial charge in [-0.1, -0.05) is 12.1 Å². The van der Waals surface area contributed by atoms with E-state index >= 15 is 0 Å². The van der Waals surface area contributed by atoms with Gasteiger partial charge in [0.25, 0.3) is 5.56 Å². The van der Waals surface area contributed by atoms with Crippen molar-refractivity contribution < 1.29 is 4.39 Å². The van der Waals surface area contributed by atoms with Crippen LogP contribution in [0.3, 0.4) is 0 Å². The van der Waals surface area contributed by atoms with Crippen molar-refractivity contribution in [2.45, 2.75) is 0 Å². The molecule has 6 heteroatoms. The number of aromatic nitrogens is 2. The maximum Gasteiger partial charge on any atom is 0.267 e. The molecule has 0 radical (unpaired) electrons. The van der Waals surface area contributed by atoms with Gasteiger partial charge in [-0.15, -0.1) is 0 Å². The van der Waals surface area contributed by atoms with Crippen LogP contribution in [0, 0.1) is 5.82 Å². The highest BCUT2D eigenvalue weighted by molar-refractivity contribution is 9.10. The molecule has 0 saturated carbocycles. The zero-order valence-electron chi connectivity index (χ0n) is 8.95. The molecule has 17 heavy (non-hydrogen) atoms. The second kappa shape index (κ2) is 4.67. The van der Waals surface area contributed by atoms with E-state index in [2.05, 4.69) is 25.9 Å². The standard InChI is InChI=1S/C11H9BrFN3O/c1-16(8-5-3-2-4-7(8)13)10-9(12)11(17)15-6-14-10/h2-6H,1H3,(H,14,15,17). The lowest BCUT2D eigenvalue weighted by atomic mass is 10.3. The van der Waals surface area contributed by atoms with Crippen LogP contribution in [0.4, 0.5) is 15.9 Å². The Hall–Kier alpha value is -1.69. The second-order valence-electron chi connectivity index (χ2n) is 3.38. The van der Waals surface area contributed by atoms with Crippen molar-refractivity contribution >= 4 is 27.4 Å². The molecule has 88 valence electrons. The van der Waals surface area contributed by atoms with Crippen molar-refractivity contribution in [3.05, 3.63) is 51.2 Å². The van der Waals surface area contributed by atoms with Crippen molar-refractivity contribution in [3.63, 3.8) is 0 Å². The van der Waals surface area contributed by atoms with Crippen molar-refractivity contribution in [1.29, 1.82) is 0 Å². The predicted octanol–water partition coefficient (Wildman–Crippen LogP) is 2.44. The van der Waals surface area contributed by atoms with Gasteiger partial charge in [0.1, 0.15) is 10.3 Å². The first-order valence-corrected chi connectivity index (χ1v) is 5.62. The third-order valence-electron chi connectivity index (χ3n) is 2.31. The number of para-hydroxylation sites is 1. The molecule has 2 rings (SSSR count). The Balaban J connectivity index is 2.52. The number of aromatic amines is 1. The van der Waals surface area contributed by atoms with E-state index in [0.29, 0.717) is 11.5 Å². The Morgan fingerprint density at radius 1 is 1.41 bits per heavy atom. The number of halogens is 2. The van der Waals surface area contributed by atoms with Crippen molar-refractivity contribution in [2.75, 3.05) is 11.9 Å². The van der Waals surface area contributed by atoms with E-state index in [1.54, 1.807) is 25.2 Å². The van der Waals surface area contributed by atoms with Gasteiger partial charge in [0.15, 0.2) is 5.82 Å². The number of benzene rings is 1. The average molecular weight is 298 g/mol. The summed E-state index contributed by atoms with van der Waals surface area (Å²) in [6.45, 7) is 0. The third-order valence-corrected chi connectivity index (χ3v) is 3.02. The SMILES string of the molecule is CN(c1ccccc1F)c1nc[nH]c(=O)c1Br. The smallest absolute Gasteiger partial charge is 0.267 e. The molecule has 0 amide bonds. The fraction of sp³-hybridized carbons (Fsp3) is 0.0909. The molecule has 2 aromatic rings. The highest BCUT2D eigenvalue weighted by Crippen LogP contribution is 2.27. The van der Waals surface area contributed by atoms with Gasteiger partial charge in [-0.2, -0.15) is 0 Å². The third kappa shape index (κ3) is 2.21. The van der Waals surface area contributed by atoms with Crippen LogP contribution in [0.15, 0.2) is 39.9 Å². The summed E-state index contributed by atoms with van der Waals surface area (Å²) < 4.78 is 13.9. The van der Waals surface area contributed by atoms with Crippen LogP contribution in [-0.4, -0.2) is 17.0 Å². The molecule has 4 nitrogen and oxygen atoms in total. The molecule has 0 unspecified atom stereocenters. The summed E-state index contributed by atoms with van der Waals surface area (Å²) in [6.07, 6.45) is 1.28. The topological polar surface area (TPSA) is 49.0 Å². The second-order valence-corrected chi connectivity index (χ2v) is 4.17. The Morgan fingerprint density at radius 3 is 2.82 bits per heavy atom. The number of rotatable bonds is 2. The van der Waals surface area contributed by atoms with Gasteiger partial charge in [0.05, 0.1) is 12.0 Å². The Kier molecular flexibility index (Phi) is 3.23. The van der Waals surface area contributed by atoms with Crippen LogP contribution < -0.4 is 10.5 Å². The maximum atomic E-state index is 13.6. The molecule has 1 N–H and O–H groups in total. The van der Waals surface area contributed by atoms with Crippen molar-refractivity contribution in [1.82, 2.24) is 9.97 Å². The summed E-state index contributed by atoms with van der Waals surface area (Å²) in [5.41, 5.74) is 0.0458. The van der Waals surface area contributed by atoms with E-state index in [9.17, 15) is 9.18 Å². The maximum absolute atomic E-state index is 13.6. The minimum absolute atomic E-state index is 0.269. The van der Waals surface area contributed by atoms with E-state index in [1.807, 2.05) is 0 Å². The molecule has 1 aromatic carbocycles. The Bertz CT molecular complexity index is 599. The quantitative estimate of drug-likeness (QED) is 0.926. The molecule has 0 saturated heterocycles. The Labute approximate surface area is 105 Å². The monoisotopic (exact) mass is 297 g/mol. The predicted molar refractivity (Wildman–Crippen MR) is 67.0 cm³/mol. The average Bonchev–Trinajstić information content (AvgIpc) is 2.32. The number of nitrogens with zero attached hydrogens (tertiary/aromatic N) is 2. The fourth-order valence-corrected chi connectivity index (χ4v) is 1.93. The molecule has 0 aliphatic carbocycles. The number of anilines is 2. The van der Waals surface area contributed by atoms with Gasteiger partial charge in [0.2, 0.25) is 0 Å². The summed E-state index contributed by atoms with van der Waals surface area (Å²) in [7, 11) is 1.64. The van der Waals surface area contributed by atoms with Crippen LogP contribution in [0.25, 0.3) is 0 Å². The van der Waals surface area contributed by atoms with Gasteiger partial charge in [-0.05, 0) is 28.1 Å².